The fraction of sp³-hybridized carbons (Fsp3) is 0.933. The van der Waals surface area contributed by atoms with Gasteiger partial charge < -0.3 is 9.64 Å². The third-order valence-corrected chi connectivity index (χ3v) is 3.48. The van der Waals surface area contributed by atoms with E-state index in [1.54, 1.807) is 0 Å². The zero-order chi connectivity index (χ0) is 13.8. The number of carbonyl (C=O) groups is 1. The molecule has 0 saturated carbocycles. The average Bonchev–Trinajstić information content (AvgIpc) is 2.34. The molecule has 0 unspecified atom stereocenters. The van der Waals surface area contributed by atoms with Crippen LogP contribution in [0.1, 0.15) is 60.3 Å². The third-order valence-electron chi connectivity index (χ3n) is 3.48. The standard InChI is InChI=1S/C15H29NO2/c1-14(2,3)18-13(17)7-11-16-10-6-8-15(4,5)9-12-16/h6-12H2,1-5H3. The first kappa shape index (κ1) is 15.5. The normalized spacial score (nSPS) is 21.4. The van der Waals surface area contributed by atoms with Gasteiger partial charge in [-0.3, -0.25) is 4.79 Å². The van der Waals surface area contributed by atoms with Crippen LogP contribution in [0.2, 0.25) is 0 Å². The first-order valence-electron chi connectivity index (χ1n) is 7.12. The molecule has 3 heteroatoms. The molecule has 0 N–H and O–H groups in total. The maximum Gasteiger partial charge on any atom is 0.307 e. The summed E-state index contributed by atoms with van der Waals surface area (Å²) in [6.07, 6.45) is 4.26. The van der Waals surface area contributed by atoms with Gasteiger partial charge in [0, 0.05) is 6.54 Å². The molecular formula is C15H29NO2. The summed E-state index contributed by atoms with van der Waals surface area (Å²) in [5, 5.41) is 0. The van der Waals surface area contributed by atoms with Crippen molar-refractivity contribution in [2.45, 2.75) is 65.9 Å². The minimum atomic E-state index is -0.363. The third kappa shape index (κ3) is 6.39. The summed E-state index contributed by atoms with van der Waals surface area (Å²) >= 11 is 0. The van der Waals surface area contributed by atoms with E-state index < -0.39 is 0 Å². The smallest absolute Gasteiger partial charge is 0.307 e. The second kappa shape index (κ2) is 6.05. The maximum atomic E-state index is 11.7. The average molecular weight is 255 g/mol. The van der Waals surface area contributed by atoms with Crippen molar-refractivity contribution < 1.29 is 9.53 Å². The Morgan fingerprint density at radius 2 is 1.89 bits per heavy atom. The fourth-order valence-corrected chi connectivity index (χ4v) is 2.34. The van der Waals surface area contributed by atoms with Crippen molar-refractivity contribution in [1.29, 1.82) is 0 Å². The summed E-state index contributed by atoms with van der Waals surface area (Å²) in [7, 11) is 0. The molecule has 1 fully saturated rings. The van der Waals surface area contributed by atoms with E-state index in [9.17, 15) is 4.79 Å². The van der Waals surface area contributed by atoms with Crippen LogP contribution in [0.3, 0.4) is 0 Å². The SMILES string of the molecule is CC1(C)CCCN(CCC(=O)OC(C)(C)C)CC1. The molecule has 1 aliphatic rings. The van der Waals surface area contributed by atoms with Gasteiger partial charge in [0.15, 0.2) is 0 Å². The Morgan fingerprint density at radius 1 is 1.22 bits per heavy atom. The van der Waals surface area contributed by atoms with Crippen LogP contribution in [0.5, 0.6) is 0 Å². The van der Waals surface area contributed by atoms with E-state index in [2.05, 4.69) is 18.7 Å². The van der Waals surface area contributed by atoms with Crippen molar-refractivity contribution >= 4 is 5.97 Å². The number of ether oxygens (including phenoxy) is 1. The Hall–Kier alpha value is -0.570. The van der Waals surface area contributed by atoms with Crippen molar-refractivity contribution in [2.24, 2.45) is 5.41 Å². The summed E-state index contributed by atoms with van der Waals surface area (Å²) in [5.74, 6) is -0.0778. The summed E-state index contributed by atoms with van der Waals surface area (Å²) in [6, 6.07) is 0. The van der Waals surface area contributed by atoms with Gasteiger partial charge in [-0.1, -0.05) is 13.8 Å². The zero-order valence-corrected chi connectivity index (χ0v) is 12.7. The molecule has 0 aromatic heterocycles. The number of likely N-dealkylation sites (tertiary alicyclic amines) is 1. The van der Waals surface area contributed by atoms with Crippen LogP contribution in [0.25, 0.3) is 0 Å². The predicted molar refractivity (Wildman–Crippen MR) is 74.5 cm³/mol. The topological polar surface area (TPSA) is 29.5 Å². The number of esters is 1. The van der Waals surface area contributed by atoms with E-state index in [1.165, 1.54) is 19.3 Å². The van der Waals surface area contributed by atoms with Gasteiger partial charge in [-0.05, 0) is 58.5 Å². The maximum absolute atomic E-state index is 11.7. The van der Waals surface area contributed by atoms with E-state index in [0.29, 0.717) is 11.8 Å². The van der Waals surface area contributed by atoms with E-state index in [-0.39, 0.29) is 11.6 Å². The minimum Gasteiger partial charge on any atom is -0.460 e. The largest absolute Gasteiger partial charge is 0.460 e. The summed E-state index contributed by atoms with van der Waals surface area (Å²) in [4.78, 5) is 14.1. The highest BCUT2D eigenvalue weighted by Crippen LogP contribution is 2.29. The van der Waals surface area contributed by atoms with Gasteiger partial charge in [0.1, 0.15) is 5.60 Å². The highest BCUT2D eigenvalue weighted by molar-refractivity contribution is 5.70. The number of hydrogen-bond acceptors (Lipinski definition) is 3. The molecule has 0 aromatic carbocycles. The Labute approximate surface area is 112 Å². The Bertz CT molecular complexity index is 279. The van der Waals surface area contributed by atoms with Gasteiger partial charge in [-0.2, -0.15) is 0 Å². The number of rotatable bonds is 3. The van der Waals surface area contributed by atoms with Crippen molar-refractivity contribution in [3.05, 3.63) is 0 Å². The van der Waals surface area contributed by atoms with Crippen LogP contribution >= 0.6 is 0 Å². The van der Waals surface area contributed by atoms with Gasteiger partial charge >= 0.3 is 5.97 Å². The Balaban J connectivity index is 2.29. The lowest BCUT2D eigenvalue weighted by Gasteiger charge is -2.24. The number of hydrogen-bond donors (Lipinski definition) is 0. The molecule has 106 valence electrons. The van der Waals surface area contributed by atoms with Crippen LogP contribution in [-0.2, 0) is 9.53 Å². The molecule has 3 nitrogen and oxygen atoms in total. The lowest BCUT2D eigenvalue weighted by Crippen LogP contribution is -2.30. The monoisotopic (exact) mass is 255 g/mol. The summed E-state index contributed by atoms with van der Waals surface area (Å²) in [6.45, 7) is 13.5. The number of carbonyl (C=O) groups excluding carboxylic acids is 1. The lowest BCUT2D eigenvalue weighted by molar-refractivity contribution is -0.155. The molecule has 0 spiro atoms. The van der Waals surface area contributed by atoms with Crippen molar-refractivity contribution in [3.8, 4) is 0 Å². The van der Waals surface area contributed by atoms with Crippen LogP contribution in [0, 0.1) is 5.41 Å². The van der Waals surface area contributed by atoms with Crippen molar-refractivity contribution in [1.82, 2.24) is 4.90 Å². The van der Waals surface area contributed by atoms with Crippen LogP contribution in [0.4, 0.5) is 0 Å². The molecule has 1 saturated heterocycles. The van der Waals surface area contributed by atoms with Crippen molar-refractivity contribution in [3.63, 3.8) is 0 Å². The molecule has 1 aliphatic heterocycles. The molecule has 1 heterocycles. The lowest BCUT2D eigenvalue weighted by atomic mass is 9.85. The predicted octanol–water partition coefficient (Wildman–Crippen LogP) is 3.23. The highest BCUT2D eigenvalue weighted by atomic mass is 16.6. The zero-order valence-electron chi connectivity index (χ0n) is 12.7. The molecule has 0 amide bonds. The molecule has 0 aromatic rings. The number of nitrogens with zero attached hydrogens (tertiary/aromatic N) is 1. The molecule has 0 aliphatic carbocycles. The van der Waals surface area contributed by atoms with Gasteiger partial charge in [0.2, 0.25) is 0 Å². The molecule has 18 heavy (non-hydrogen) atoms. The minimum absolute atomic E-state index is 0.0778. The summed E-state index contributed by atoms with van der Waals surface area (Å²) in [5.41, 5.74) is 0.0958. The molecule has 0 radical (unpaired) electrons. The summed E-state index contributed by atoms with van der Waals surface area (Å²) < 4.78 is 5.34. The first-order valence-corrected chi connectivity index (χ1v) is 7.12. The van der Waals surface area contributed by atoms with Crippen LogP contribution in [-0.4, -0.2) is 36.1 Å². The molecular weight excluding hydrogens is 226 g/mol. The van der Waals surface area contributed by atoms with E-state index >= 15 is 0 Å². The van der Waals surface area contributed by atoms with E-state index in [0.717, 1.165) is 19.6 Å². The quantitative estimate of drug-likeness (QED) is 0.725. The van der Waals surface area contributed by atoms with Gasteiger partial charge in [0.05, 0.1) is 6.42 Å². The second-order valence-electron chi connectivity index (χ2n) is 7.20. The fourth-order valence-electron chi connectivity index (χ4n) is 2.34. The van der Waals surface area contributed by atoms with Crippen LogP contribution in [0.15, 0.2) is 0 Å². The molecule has 0 bridgehead atoms. The Kier molecular flexibility index (Phi) is 5.20. The second-order valence-corrected chi connectivity index (χ2v) is 7.20. The van der Waals surface area contributed by atoms with Crippen molar-refractivity contribution in [2.75, 3.05) is 19.6 Å². The van der Waals surface area contributed by atoms with E-state index in [1.807, 2.05) is 20.8 Å². The van der Waals surface area contributed by atoms with Gasteiger partial charge in [-0.25, -0.2) is 0 Å². The first-order chi connectivity index (χ1) is 8.18. The molecule has 1 rings (SSSR count). The Morgan fingerprint density at radius 3 is 2.50 bits per heavy atom. The van der Waals surface area contributed by atoms with Gasteiger partial charge in [-0.15, -0.1) is 0 Å². The van der Waals surface area contributed by atoms with Crippen LogP contribution < -0.4 is 0 Å². The van der Waals surface area contributed by atoms with Gasteiger partial charge in [0.25, 0.3) is 0 Å². The molecule has 0 atom stereocenters. The van der Waals surface area contributed by atoms with E-state index in [4.69, 9.17) is 4.74 Å². The highest BCUT2D eigenvalue weighted by Gasteiger charge is 2.23.